The number of piperidine rings is 1. The molecule has 1 rings (SSSR count). The second-order valence-electron chi connectivity index (χ2n) is 5.53. The summed E-state index contributed by atoms with van der Waals surface area (Å²) in [5.74, 6) is -2.99. The zero-order valence-corrected chi connectivity index (χ0v) is 10.2. The van der Waals surface area contributed by atoms with Gasteiger partial charge in [0.05, 0.1) is 6.54 Å². The second-order valence-corrected chi connectivity index (χ2v) is 5.53. The summed E-state index contributed by atoms with van der Waals surface area (Å²) in [6, 6.07) is 0. The smallest absolute Gasteiger partial charge is 0.410 e. The summed E-state index contributed by atoms with van der Waals surface area (Å²) in [5, 5.41) is 0. The van der Waals surface area contributed by atoms with Gasteiger partial charge in [0, 0.05) is 13.0 Å². The van der Waals surface area contributed by atoms with E-state index in [1.54, 1.807) is 27.7 Å². The lowest BCUT2D eigenvalue weighted by atomic mass is 9.97. The third-order valence-electron chi connectivity index (χ3n) is 2.25. The van der Waals surface area contributed by atoms with E-state index < -0.39 is 24.2 Å². The van der Waals surface area contributed by atoms with Crippen molar-refractivity contribution < 1.29 is 18.3 Å². The van der Waals surface area contributed by atoms with Crippen molar-refractivity contribution in [2.45, 2.75) is 45.6 Å². The first-order chi connectivity index (χ1) is 7.09. The molecule has 0 bridgehead atoms. The highest BCUT2D eigenvalue weighted by Crippen LogP contribution is 2.30. The van der Waals surface area contributed by atoms with Gasteiger partial charge in [0.25, 0.3) is 5.92 Å². The Morgan fingerprint density at radius 3 is 2.44 bits per heavy atom. The molecule has 1 heterocycles. The van der Waals surface area contributed by atoms with E-state index in [-0.39, 0.29) is 12.3 Å². The fraction of sp³-hybridized carbons (Fsp3) is 0.909. The van der Waals surface area contributed by atoms with Crippen LogP contribution in [0.15, 0.2) is 0 Å². The predicted molar refractivity (Wildman–Crippen MR) is 56.5 cm³/mol. The highest BCUT2D eigenvalue weighted by molar-refractivity contribution is 5.68. The normalized spacial score (nSPS) is 25.4. The maximum atomic E-state index is 13.2. The van der Waals surface area contributed by atoms with E-state index in [0.717, 1.165) is 4.90 Å². The highest BCUT2D eigenvalue weighted by atomic mass is 19.3. The maximum absolute atomic E-state index is 13.2. The lowest BCUT2D eigenvalue weighted by molar-refractivity contribution is -0.0839. The van der Waals surface area contributed by atoms with Gasteiger partial charge in [-0.05, 0) is 26.7 Å². The van der Waals surface area contributed by atoms with Gasteiger partial charge in [-0.2, -0.15) is 0 Å². The first-order valence-electron chi connectivity index (χ1n) is 5.45. The van der Waals surface area contributed by atoms with Crippen molar-refractivity contribution in [1.82, 2.24) is 4.90 Å². The molecular formula is C11H19F2NO2. The first kappa shape index (κ1) is 13.2. The minimum absolute atomic E-state index is 0.160. The summed E-state index contributed by atoms with van der Waals surface area (Å²) in [5.41, 5.74) is -0.646. The van der Waals surface area contributed by atoms with Crippen LogP contribution in [-0.4, -0.2) is 35.6 Å². The fourth-order valence-electron chi connectivity index (χ4n) is 1.82. The van der Waals surface area contributed by atoms with Gasteiger partial charge in [0.1, 0.15) is 5.60 Å². The topological polar surface area (TPSA) is 29.5 Å². The van der Waals surface area contributed by atoms with Gasteiger partial charge in [-0.1, -0.05) is 6.92 Å². The minimum Gasteiger partial charge on any atom is -0.444 e. The third-order valence-corrected chi connectivity index (χ3v) is 2.25. The number of rotatable bonds is 0. The van der Waals surface area contributed by atoms with E-state index in [4.69, 9.17) is 4.74 Å². The SMILES string of the molecule is CC1CN(C(=O)OC(C)(C)C)CC(F)(F)C1. The number of ether oxygens (including phenoxy) is 1. The predicted octanol–water partition coefficient (Wildman–Crippen LogP) is 2.90. The van der Waals surface area contributed by atoms with Gasteiger partial charge in [-0.25, -0.2) is 13.6 Å². The largest absolute Gasteiger partial charge is 0.444 e. The Morgan fingerprint density at radius 1 is 1.44 bits per heavy atom. The van der Waals surface area contributed by atoms with Gasteiger partial charge in [0.2, 0.25) is 0 Å². The molecule has 94 valence electrons. The van der Waals surface area contributed by atoms with Crippen molar-refractivity contribution in [3.63, 3.8) is 0 Å². The van der Waals surface area contributed by atoms with Crippen LogP contribution in [-0.2, 0) is 4.74 Å². The summed E-state index contributed by atoms with van der Waals surface area (Å²) < 4.78 is 31.6. The summed E-state index contributed by atoms with van der Waals surface area (Å²) in [4.78, 5) is 12.7. The van der Waals surface area contributed by atoms with Gasteiger partial charge < -0.3 is 9.64 Å². The summed E-state index contributed by atoms with van der Waals surface area (Å²) in [6.45, 7) is 6.67. The zero-order chi connectivity index (χ0) is 12.6. The molecule has 0 radical (unpaired) electrons. The molecule has 1 unspecified atom stereocenters. The molecule has 1 aliphatic heterocycles. The Labute approximate surface area is 94.7 Å². The average molecular weight is 235 g/mol. The number of nitrogens with zero attached hydrogens (tertiary/aromatic N) is 1. The Bertz CT molecular complexity index is 274. The number of carbonyl (C=O) groups excluding carboxylic acids is 1. The number of carbonyl (C=O) groups is 1. The molecule has 0 saturated carbocycles. The molecule has 0 aromatic heterocycles. The van der Waals surface area contributed by atoms with Crippen molar-refractivity contribution in [3.05, 3.63) is 0 Å². The number of hydrogen-bond donors (Lipinski definition) is 0. The molecular weight excluding hydrogens is 216 g/mol. The lowest BCUT2D eigenvalue weighted by Gasteiger charge is -2.36. The highest BCUT2D eigenvalue weighted by Gasteiger charge is 2.41. The fourth-order valence-corrected chi connectivity index (χ4v) is 1.82. The van der Waals surface area contributed by atoms with Gasteiger partial charge >= 0.3 is 6.09 Å². The molecule has 0 aliphatic carbocycles. The Hall–Kier alpha value is -0.870. The van der Waals surface area contributed by atoms with E-state index in [0.29, 0.717) is 6.54 Å². The quantitative estimate of drug-likeness (QED) is 0.646. The van der Waals surface area contributed by atoms with Crippen molar-refractivity contribution in [2.24, 2.45) is 5.92 Å². The maximum Gasteiger partial charge on any atom is 0.410 e. The molecule has 1 amide bonds. The number of amides is 1. The van der Waals surface area contributed by atoms with E-state index >= 15 is 0 Å². The third kappa shape index (κ3) is 3.94. The standard InChI is InChI=1S/C11H19F2NO2/c1-8-5-11(12,13)7-14(6-8)9(15)16-10(2,3)4/h8H,5-7H2,1-4H3. The molecule has 3 nitrogen and oxygen atoms in total. The molecule has 0 aromatic rings. The Balaban J connectivity index is 2.63. The van der Waals surface area contributed by atoms with Crippen LogP contribution < -0.4 is 0 Å². The van der Waals surface area contributed by atoms with Crippen LogP contribution in [0.4, 0.5) is 13.6 Å². The van der Waals surface area contributed by atoms with Crippen LogP contribution in [0.1, 0.15) is 34.1 Å². The minimum atomic E-state index is -2.80. The number of hydrogen-bond acceptors (Lipinski definition) is 2. The van der Waals surface area contributed by atoms with Crippen LogP contribution in [0.3, 0.4) is 0 Å². The zero-order valence-electron chi connectivity index (χ0n) is 10.2. The average Bonchev–Trinajstić information content (AvgIpc) is 1.96. The van der Waals surface area contributed by atoms with Crippen LogP contribution in [0, 0.1) is 5.92 Å². The molecule has 16 heavy (non-hydrogen) atoms. The van der Waals surface area contributed by atoms with Crippen molar-refractivity contribution in [3.8, 4) is 0 Å². The van der Waals surface area contributed by atoms with Gasteiger partial charge in [0.15, 0.2) is 0 Å². The van der Waals surface area contributed by atoms with E-state index in [1.165, 1.54) is 0 Å². The Morgan fingerprint density at radius 2 is 2.00 bits per heavy atom. The number of halogens is 2. The molecule has 5 heteroatoms. The van der Waals surface area contributed by atoms with E-state index in [1.807, 2.05) is 0 Å². The monoisotopic (exact) mass is 235 g/mol. The molecule has 0 N–H and O–H groups in total. The van der Waals surface area contributed by atoms with E-state index in [9.17, 15) is 13.6 Å². The van der Waals surface area contributed by atoms with E-state index in [2.05, 4.69) is 0 Å². The van der Waals surface area contributed by atoms with Crippen LogP contribution >= 0.6 is 0 Å². The molecule has 1 fully saturated rings. The Kier molecular flexibility index (Phi) is 3.45. The summed E-state index contributed by atoms with van der Waals surface area (Å²) >= 11 is 0. The number of alkyl halides is 2. The number of likely N-dealkylation sites (tertiary alicyclic amines) is 1. The van der Waals surface area contributed by atoms with Crippen LogP contribution in [0.5, 0.6) is 0 Å². The summed E-state index contributed by atoms with van der Waals surface area (Å²) in [6.07, 6.45) is -0.814. The van der Waals surface area contributed by atoms with Crippen molar-refractivity contribution in [1.29, 1.82) is 0 Å². The molecule has 1 saturated heterocycles. The van der Waals surface area contributed by atoms with Crippen molar-refractivity contribution >= 4 is 6.09 Å². The first-order valence-corrected chi connectivity index (χ1v) is 5.45. The molecule has 1 aliphatic rings. The lowest BCUT2D eigenvalue weighted by Crippen LogP contribution is -2.50. The van der Waals surface area contributed by atoms with Crippen LogP contribution in [0.2, 0.25) is 0 Å². The second kappa shape index (κ2) is 4.18. The van der Waals surface area contributed by atoms with Gasteiger partial charge in [-0.3, -0.25) is 0 Å². The molecule has 1 atom stereocenters. The molecule has 0 spiro atoms. The van der Waals surface area contributed by atoms with Crippen LogP contribution in [0.25, 0.3) is 0 Å². The molecule has 0 aromatic carbocycles. The van der Waals surface area contributed by atoms with Crippen molar-refractivity contribution in [2.75, 3.05) is 13.1 Å². The summed E-state index contributed by atoms with van der Waals surface area (Å²) in [7, 11) is 0. The van der Waals surface area contributed by atoms with Gasteiger partial charge in [-0.15, -0.1) is 0 Å².